The summed E-state index contributed by atoms with van der Waals surface area (Å²) >= 11 is 0. The minimum atomic E-state index is 1.08. The number of imidazole rings is 1. The molecule has 0 aliphatic carbocycles. The third-order valence-electron chi connectivity index (χ3n) is 2.20. The van der Waals surface area contributed by atoms with Crippen LogP contribution in [0.2, 0.25) is 0 Å². The van der Waals surface area contributed by atoms with Gasteiger partial charge in [0.2, 0.25) is 6.33 Å². The number of likely N-dealkylation sites (N-methyl/N-ethyl adjacent to an activating group) is 1. The second kappa shape index (κ2) is 2.34. The van der Waals surface area contributed by atoms with E-state index in [2.05, 4.69) is 40.7 Å². The Morgan fingerprint density at radius 3 is 3.09 bits per heavy atom. The standard InChI is InChI=1S/C8H14N3/c1-9-3-4-11-7-10(2)6-8(11)5-9/h6-7H,3-5H2,1-2H3/q+1. The van der Waals surface area contributed by atoms with Crippen LogP contribution < -0.4 is 4.57 Å². The van der Waals surface area contributed by atoms with Crippen molar-refractivity contribution in [2.75, 3.05) is 13.6 Å². The van der Waals surface area contributed by atoms with E-state index in [1.165, 1.54) is 12.2 Å². The zero-order valence-electron chi connectivity index (χ0n) is 7.12. The average Bonchev–Trinajstić information content (AvgIpc) is 2.27. The third-order valence-corrected chi connectivity index (χ3v) is 2.20. The van der Waals surface area contributed by atoms with Crippen molar-refractivity contribution >= 4 is 0 Å². The van der Waals surface area contributed by atoms with Gasteiger partial charge in [0.25, 0.3) is 0 Å². The summed E-state index contributed by atoms with van der Waals surface area (Å²) in [5.41, 5.74) is 1.42. The number of nitrogens with zero attached hydrogens (tertiary/aromatic N) is 3. The van der Waals surface area contributed by atoms with Gasteiger partial charge < -0.3 is 0 Å². The molecule has 0 saturated carbocycles. The van der Waals surface area contributed by atoms with Gasteiger partial charge >= 0.3 is 0 Å². The summed E-state index contributed by atoms with van der Waals surface area (Å²) in [4.78, 5) is 2.34. The van der Waals surface area contributed by atoms with E-state index in [0.717, 1.165) is 13.1 Å². The summed E-state index contributed by atoms with van der Waals surface area (Å²) in [5.74, 6) is 0. The van der Waals surface area contributed by atoms with E-state index >= 15 is 0 Å². The third kappa shape index (κ3) is 1.16. The minimum Gasteiger partial charge on any atom is -0.295 e. The molecule has 0 radical (unpaired) electrons. The molecule has 2 rings (SSSR count). The topological polar surface area (TPSA) is 12.1 Å². The molecule has 0 fully saturated rings. The Morgan fingerprint density at radius 2 is 2.27 bits per heavy atom. The number of hydrogen-bond donors (Lipinski definition) is 0. The molecule has 2 heterocycles. The van der Waals surface area contributed by atoms with Crippen molar-refractivity contribution in [2.45, 2.75) is 13.1 Å². The summed E-state index contributed by atoms with van der Waals surface area (Å²) in [6.07, 6.45) is 4.35. The maximum Gasteiger partial charge on any atom is 0.243 e. The fraction of sp³-hybridized carbons (Fsp3) is 0.625. The molecule has 0 aromatic carbocycles. The number of aromatic nitrogens is 2. The van der Waals surface area contributed by atoms with E-state index in [-0.39, 0.29) is 0 Å². The molecule has 0 spiro atoms. The molecule has 1 aromatic rings. The van der Waals surface area contributed by atoms with Crippen LogP contribution >= 0.6 is 0 Å². The molecule has 0 saturated heterocycles. The highest BCUT2D eigenvalue weighted by molar-refractivity contribution is 4.96. The summed E-state index contributed by atoms with van der Waals surface area (Å²) in [7, 11) is 4.24. The fourth-order valence-electron chi connectivity index (χ4n) is 1.60. The van der Waals surface area contributed by atoms with Gasteiger partial charge in [-0.2, -0.15) is 0 Å². The monoisotopic (exact) mass is 152 g/mol. The molecule has 3 nitrogen and oxygen atoms in total. The lowest BCUT2D eigenvalue weighted by Crippen LogP contribution is -2.29. The second-order valence-corrected chi connectivity index (χ2v) is 3.33. The van der Waals surface area contributed by atoms with E-state index in [1.54, 1.807) is 0 Å². The maximum atomic E-state index is 2.34. The van der Waals surface area contributed by atoms with Crippen LogP contribution in [0, 0.1) is 0 Å². The highest BCUT2D eigenvalue weighted by Gasteiger charge is 2.18. The zero-order chi connectivity index (χ0) is 7.84. The number of aryl methyl sites for hydroxylation is 1. The molecule has 11 heavy (non-hydrogen) atoms. The van der Waals surface area contributed by atoms with Crippen LogP contribution in [-0.4, -0.2) is 23.1 Å². The second-order valence-electron chi connectivity index (χ2n) is 3.33. The molecule has 3 heteroatoms. The van der Waals surface area contributed by atoms with Crippen molar-refractivity contribution in [2.24, 2.45) is 7.05 Å². The lowest BCUT2D eigenvalue weighted by molar-refractivity contribution is -0.671. The van der Waals surface area contributed by atoms with E-state index in [9.17, 15) is 0 Å². The molecular weight excluding hydrogens is 138 g/mol. The van der Waals surface area contributed by atoms with Gasteiger partial charge in [-0.05, 0) is 7.05 Å². The van der Waals surface area contributed by atoms with E-state index in [0.29, 0.717) is 0 Å². The van der Waals surface area contributed by atoms with E-state index in [1.807, 2.05) is 0 Å². The Morgan fingerprint density at radius 1 is 1.45 bits per heavy atom. The molecular formula is C8H14N3+. The number of rotatable bonds is 0. The molecule has 0 amide bonds. The van der Waals surface area contributed by atoms with Crippen molar-refractivity contribution in [1.82, 2.24) is 9.47 Å². The molecule has 0 atom stereocenters. The number of hydrogen-bond acceptors (Lipinski definition) is 1. The van der Waals surface area contributed by atoms with Gasteiger partial charge in [0.15, 0.2) is 5.69 Å². The van der Waals surface area contributed by atoms with Crippen LogP contribution in [-0.2, 0) is 20.1 Å². The Bertz CT molecular complexity index is 264. The first-order valence-corrected chi connectivity index (χ1v) is 3.98. The summed E-state index contributed by atoms with van der Waals surface area (Å²) in [6, 6.07) is 0. The highest BCUT2D eigenvalue weighted by Crippen LogP contribution is 2.07. The molecule has 0 N–H and O–H groups in total. The Balaban J connectivity index is 2.34. The van der Waals surface area contributed by atoms with Crippen LogP contribution in [0.1, 0.15) is 5.69 Å². The predicted molar refractivity (Wildman–Crippen MR) is 41.9 cm³/mol. The first-order chi connectivity index (χ1) is 5.25. The lowest BCUT2D eigenvalue weighted by atomic mass is 10.3. The lowest BCUT2D eigenvalue weighted by Gasteiger charge is -2.19. The van der Waals surface area contributed by atoms with Gasteiger partial charge in [0, 0.05) is 6.54 Å². The van der Waals surface area contributed by atoms with Gasteiger partial charge in [-0.3, -0.25) is 4.90 Å². The molecule has 0 unspecified atom stereocenters. The van der Waals surface area contributed by atoms with Gasteiger partial charge in [-0.25, -0.2) is 9.13 Å². The first kappa shape index (κ1) is 6.85. The SMILES string of the molecule is CN1CCn2c[n+](C)cc2C1. The van der Waals surface area contributed by atoms with Crippen LogP contribution in [0.25, 0.3) is 0 Å². The minimum absolute atomic E-state index is 1.08. The first-order valence-electron chi connectivity index (χ1n) is 3.98. The Labute approximate surface area is 66.9 Å². The summed E-state index contributed by atoms with van der Waals surface area (Å²) < 4.78 is 4.44. The van der Waals surface area contributed by atoms with Crippen molar-refractivity contribution < 1.29 is 4.57 Å². The van der Waals surface area contributed by atoms with Gasteiger partial charge in [0.05, 0.1) is 13.6 Å². The molecule has 60 valence electrons. The maximum absolute atomic E-state index is 2.34. The van der Waals surface area contributed by atoms with Crippen molar-refractivity contribution in [3.8, 4) is 0 Å². The number of fused-ring (bicyclic) bond motifs is 1. The predicted octanol–water partition coefficient (Wildman–Crippen LogP) is -0.242. The molecule has 0 bridgehead atoms. The van der Waals surface area contributed by atoms with E-state index in [4.69, 9.17) is 0 Å². The normalized spacial score (nSPS) is 18.4. The summed E-state index contributed by atoms with van der Waals surface area (Å²) in [6.45, 7) is 3.38. The molecule has 1 aliphatic rings. The van der Waals surface area contributed by atoms with Crippen LogP contribution in [0.15, 0.2) is 12.5 Å². The van der Waals surface area contributed by atoms with Crippen molar-refractivity contribution in [3.05, 3.63) is 18.2 Å². The van der Waals surface area contributed by atoms with Crippen molar-refractivity contribution in [1.29, 1.82) is 0 Å². The smallest absolute Gasteiger partial charge is 0.243 e. The van der Waals surface area contributed by atoms with Gasteiger partial charge in [-0.1, -0.05) is 0 Å². The summed E-state index contributed by atoms with van der Waals surface area (Å²) in [5, 5.41) is 0. The van der Waals surface area contributed by atoms with E-state index < -0.39 is 0 Å². The van der Waals surface area contributed by atoms with Crippen LogP contribution in [0.3, 0.4) is 0 Å². The zero-order valence-corrected chi connectivity index (χ0v) is 7.12. The molecule has 1 aromatic heterocycles. The molecule has 1 aliphatic heterocycles. The van der Waals surface area contributed by atoms with Crippen molar-refractivity contribution in [3.63, 3.8) is 0 Å². The van der Waals surface area contributed by atoms with Gasteiger partial charge in [-0.15, -0.1) is 0 Å². The largest absolute Gasteiger partial charge is 0.295 e. The van der Waals surface area contributed by atoms with Crippen LogP contribution in [0.4, 0.5) is 0 Å². The fourth-order valence-corrected chi connectivity index (χ4v) is 1.60. The quantitative estimate of drug-likeness (QED) is 0.467. The van der Waals surface area contributed by atoms with Gasteiger partial charge in [0.1, 0.15) is 12.7 Å². The average molecular weight is 152 g/mol. The van der Waals surface area contributed by atoms with Crippen LogP contribution in [0.5, 0.6) is 0 Å². The highest BCUT2D eigenvalue weighted by atomic mass is 15.2. The Kier molecular flexibility index (Phi) is 1.46. The Hall–Kier alpha value is -0.830.